The van der Waals surface area contributed by atoms with Crippen molar-refractivity contribution in [2.45, 2.75) is 12.3 Å². The van der Waals surface area contributed by atoms with Crippen LogP contribution in [0.3, 0.4) is 0 Å². The topological polar surface area (TPSA) is 26.3 Å². The summed E-state index contributed by atoms with van der Waals surface area (Å²) in [6.45, 7) is 0. The monoisotopic (exact) mass is 306 g/mol. The highest BCUT2D eigenvalue weighted by Crippen LogP contribution is 2.31. The SMILES string of the molecule is COC(=O)C(c1ccc(Br)cc1)C1C=CCC=C1. The Morgan fingerprint density at radius 3 is 2.44 bits per heavy atom. The number of hydrogen-bond acceptors (Lipinski definition) is 2. The first-order valence-corrected chi connectivity index (χ1v) is 6.68. The van der Waals surface area contributed by atoms with Crippen molar-refractivity contribution in [2.75, 3.05) is 7.11 Å². The van der Waals surface area contributed by atoms with E-state index in [4.69, 9.17) is 4.74 Å². The molecule has 0 saturated carbocycles. The first-order chi connectivity index (χ1) is 8.72. The van der Waals surface area contributed by atoms with Crippen molar-refractivity contribution >= 4 is 21.9 Å². The fourth-order valence-corrected chi connectivity index (χ4v) is 2.41. The molecule has 1 aliphatic carbocycles. The van der Waals surface area contributed by atoms with Crippen LogP contribution in [0.5, 0.6) is 0 Å². The molecule has 1 unspecified atom stereocenters. The molecule has 94 valence electrons. The van der Waals surface area contributed by atoms with E-state index in [0.717, 1.165) is 16.5 Å². The molecule has 18 heavy (non-hydrogen) atoms. The van der Waals surface area contributed by atoms with E-state index in [1.54, 1.807) is 0 Å². The lowest BCUT2D eigenvalue weighted by Gasteiger charge is -2.22. The Morgan fingerprint density at radius 1 is 1.28 bits per heavy atom. The van der Waals surface area contributed by atoms with Gasteiger partial charge in [0.25, 0.3) is 0 Å². The normalized spacial score (nSPS) is 16.6. The maximum atomic E-state index is 12.0. The molecule has 1 atom stereocenters. The Morgan fingerprint density at radius 2 is 1.89 bits per heavy atom. The molecule has 0 aliphatic heterocycles. The van der Waals surface area contributed by atoms with Crippen molar-refractivity contribution in [1.82, 2.24) is 0 Å². The van der Waals surface area contributed by atoms with Crippen molar-refractivity contribution in [3.63, 3.8) is 0 Å². The fourth-order valence-electron chi connectivity index (χ4n) is 2.15. The minimum atomic E-state index is -0.268. The molecule has 3 heteroatoms. The summed E-state index contributed by atoms with van der Waals surface area (Å²) in [5, 5.41) is 0. The molecule has 1 aromatic rings. The molecular weight excluding hydrogens is 292 g/mol. The standard InChI is InChI=1S/C15H15BrO2/c1-18-15(17)14(11-5-3-2-4-6-11)12-7-9-13(16)10-8-12/h3-11,14H,2H2,1H3. The molecule has 0 spiro atoms. The maximum absolute atomic E-state index is 12.0. The number of ether oxygens (including phenoxy) is 1. The van der Waals surface area contributed by atoms with Gasteiger partial charge in [0.2, 0.25) is 0 Å². The Labute approximate surface area is 115 Å². The number of methoxy groups -OCH3 is 1. The summed E-state index contributed by atoms with van der Waals surface area (Å²) in [4.78, 5) is 12.0. The average molecular weight is 307 g/mol. The average Bonchev–Trinajstić information content (AvgIpc) is 2.42. The quantitative estimate of drug-likeness (QED) is 0.626. The van der Waals surface area contributed by atoms with Crippen molar-refractivity contribution in [1.29, 1.82) is 0 Å². The third-order valence-electron chi connectivity index (χ3n) is 3.06. The molecule has 0 heterocycles. The highest BCUT2D eigenvalue weighted by Gasteiger charge is 2.28. The molecule has 0 saturated heterocycles. The van der Waals surface area contributed by atoms with Crippen LogP contribution in [0.2, 0.25) is 0 Å². The smallest absolute Gasteiger partial charge is 0.314 e. The summed E-state index contributed by atoms with van der Waals surface area (Å²) in [6, 6.07) is 7.81. The van der Waals surface area contributed by atoms with E-state index < -0.39 is 0 Å². The number of allylic oxidation sites excluding steroid dienone is 4. The number of carbonyl (C=O) groups is 1. The molecule has 1 aliphatic rings. The largest absolute Gasteiger partial charge is 0.469 e. The van der Waals surface area contributed by atoms with Crippen LogP contribution in [0.15, 0.2) is 53.0 Å². The van der Waals surface area contributed by atoms with Crippen LogP contribution in [-0.2, 0) is 9.53 Å². The summed E-state index contributed by atoms with van der Waals surface area (Å²) < 4.78 is 5.94. The second kappa shape index (κ2) is 6.01. The van der Waals surface area contributed by atoms with E-state index in [1.165, 1.54) is 7.11 Å². The van der Waals surface area contributed by atoms with Crippen LogP contribution in [0.1, 0.15) is 17.9 Å². The zero-order valence-electron chi connectivity index (χ0n) is 10.2. The van der Waals surface area contributed by atoms with Gasteiger partial charge in [-0.3, -0.25) is 4.79 Å². The first kappa shape index (κ1) is 13.1. The van der Waals surface area contributed by atoms with Crippen LogP contribution in [-0.4, -0.2) is 13.1 Å². The molecule has 0 fully saturated rings. The minimum absolute atomic E-state index is 0.0763. The molecule has 2 nitrogen and oxygen atoms in total. The van der Waals surface area contributed by atoms with Crippen LogP contribution >= 0.6 is 15.9 Å². The summed E-state index contributed by atoms with van der Waals surface area (Å²) >= 11 is 3.40. The number of rotatable bonds is 3. The van der Waals surface area contributed by atoms with Crippen LogP contribution < -0.4 is 0 Å². The summed E-state index contributed by atoms with van der Waals surface area (Å²) in [5.41, 5.74) is 0.978. The highest BCUT2D eigenvalue weighted by molar-refractivity contribution is 9.10. The summed E-state index contributed by atoms with van der Waals surface area (Å²) in [5.74, 6) is -0.387. The van der Waals surface area contributed by atoms with Gasteiger partial charge < -0.3 is 4.74 Å². The number of carbonyl (C=O) groups excluding carboxylic acids is 1. The van der Waals surface area contributed by atoms with Gasteiger partial charge in [-0.05, 0) is 24.1 Å². The Balaban J connectivity index is 2.33. The Kier molecular flexibility index (Phi) is 4.37. The van der Waals surface area contributed by atoms with Gasteiger partial charge in [-0.25, -0.2) is 0 Å². The molecule has 0 radical (unpaired) electrons. The highest BCUT2D eigenvalue weighted by atomic mass is 79.9. The summed E-state index contributed by atoms with van der Waals surface area (Å²) in [7, 11) is 1.43. The van der Waals surface area contributed by atoms with E-state index in [9.17, 15) is 4.79 Å². The Hall–Kier alpha value is -1.35. The van der Waals surface area contributed by atoms with E-state index in [-0.39, 0.29) is 17.8 Å². The van der Waals surface area contributed by atoms with E-state index in [0.29, 0.717) is 0 Å². The second-order valence-electron chi connectivity index (χ2n) is 4.22. The third kappa shape index (κ3) is 2.91. The minimum Gasteiger partial charge on any atom is -0.469 e. The molecule has 1 aromatic carbocycles. The van der Waals surface area contributed by atoms with Gasteiger partial charge in [-0.15, -0.1) is 0 Å². The van der Waals surface area contributed by atoms with Gasteiger partial charge in [0.05, 0.1) is 13.0 Å². The lowest BCUT2D eigenvalue weighted by atomic mass is 9.84. The summed E-state index contributed by atoms with van der Waals surface area (Å²) in [6.07, 6.45) is 9.25. The third-order valence-corrected chi connectivity index (χ3v) is 3.59. The fraction of sp³-hybridized carbons (Fsp3) is 0.267. The van der Waals surface area contributed by atoms with Crippen molar-refractivity contribution < 1.29 is 9.53 Å². The molecular formula is C15H15BrO2. The lowest BCUT2D eigenvalue weighted by molar-refractivity contribution is -0.143. The molecule has 0 bridgehead atoms. The van der Waals surface area contributed by atoms with Gasteiger partial charge >= 0.3 is 5.97 Å². The van der Waals surface area contributed by atoms with Gasteiger partial charge in [-0.1, -0.05) is 52.4 Å². The number of esters is 1. The molecule has 0 amide bonds. The zero-order chi connectivity index (χ0) is 13.0. The van der Waals surface area contributed by atoms with Crippen molar-refractivity contribution in [3.05, 3.63) is 58.6 Å². The van der Waals surface area contributed by atoms with E-state index >= 15 is 0 Å². The van der Waals surface area contributed by atoms with Crippen LogP contribution in [0, 0.1) is 5.92 Å². The van der Waals surface area contributed by atoms with E-state index in [2.05, 4.69) is 40.2 Å². The van der Waals surface area contributed by atoms with Gasteiger partial charge in [-0.2, -0.15) is 0 Å². The van der Waals surface area contributed by atoms with E-state index in [1.807, 2.05) is 24.3 Å². The molecule has 2 rings (SSSR count). The van der Waals surface area contributed by atoms with Crippen molar-refractivity contribution in [2.24, 2.45) is 5.92 Å². The van der Waals surface area contributed by atoms with Gasteiger partial charge in [0, 0.05) is 10.4 Å². The molecule has 0 N–H and O–H groups in total. The van der Waals surface area contributed by atoms with Crippen molar-refractivity contribution in [3.8, 4) is 0 Å². The lowest BCUT2D eigenvalue weighted by Crippen LogP contribution is -2.21. The Bertz CT molecular complexity index is 462. The first-order valence-electron chi connectivity index (χ1n) is 5.89. The second-order valence-corrected chi connectivity index (χ2v) is 5.14. The van der Waals surface area contributed by atoms with Gasteiger partial charge in [0.1, 0.15) is 0 Å². The molecule has 0 aromatic heterocycles. The van der Waals surface area contributed by atoms with Crippen LogP contribution in [0.4, 0.5) is 0 Å². The zero-order valence-corrected chi connectivity index (χ0v) is 11.8. The number of halogens is 1. The predicted molar refractivity (Wildman–Crippen MR) is 75.3 cm³/mol. The van der Waals surface area contributed by atoms with Crippen LogP contribution in [0.25, 0.3) is 0 Å². The predicted octanol–water partition coefficient (Wildman–Crippen LogP) is 3.84. The number of hydrogen-bond donors (Lipinski definition) is 0. The maximum Gasteiger partial charge on any atom is 0.314 e. The van der Waals surface area contributed by atoms with Gasteiger partial charge in [0.15, 0.2) is 0 Å². The number of benzene rings is 1.